The zero-order valence-electron chi connectivity index (χ0n) is 18.3. The number of fused-ring (bicyclic) bond motifs is 1. The topological polar surface area (TPSA) is 75.6 Å². The molecule has 0 unspecified atom stereocenters. The van der Waals surface area contributed by atoms with Gasteiger partial charge in [-0.05, 0) is 25.1 Å². The highest BCUT2D eigenvalue weighted by Crippen LogP contribution is 2.29. The van der Waals surface area contributed by atoms with Crippen molar-refractivity contribution in [3.8, 4) is 0 Å². The average molecular weight is 433 g/mol. The van der Waals surface area contributed by atoms with Crippen molar-refractivity contribution in [2.24, 2.45) is 0 Å². The summed E-state index contributed by atoms with van der Waals surface area (Å²) >= 11 is 0. The van der Waals surface area contributed by atoms with Crippen LogP contribution in [-0.4, -0.2) is 43.2 Å². The molecule has 7 nitrogen and oxygen atoms in total. The Bertz CT molecular complexity index is 1180. The Kier molecular flexibility index (Phi) is 6.56. The molecule has 2 heterocycles. The smallest absolute Gasteiger partial charge is 0.253 e. The van der Waals surface area contributed by atoms with E-state index in [0.717, 1.165) is 35.4 Å². The number of morpholine rings is 1. The van der Waals surface area contributed by atoms with Gasteiger partial charge in [0, 0.05) is 42.3 Å². The third-order valence-electron chi connectivity index (χ3n) is 5.61. The van der Waals surface area contributed by atoms with E-state index < -0.39 is 0 Å². The number of benzene rings is 2. The first kappa shape index (κ1) is 21.6. The van der Waals surface area contributed by atoms with Gasteiger partial charge in [-0.1, -0.05) is 36.9 Å². The van der Waals surface area contributed by atoms with Crippen LogP contribution in [0.25, 0.3) is 10.9 Å². The van der Waals surface area contributed by atoms with Crippen LogP contribution in [0, 0.1) is 0 Å². The number of carbonyl (C=O) groups excluding carboxylic acids is 1. The Morgan fingerprint density at radius 1 is 1.09 bits per heavy atom. The van der Waals surface area contributed by atoms with Gasteiger partial charge in [0.15, 0.2) is 5.78 Å². The van der Waals surface area contributed by atoms with E-state index in [9.17, 15) is 9.59 Å². The predicted octanol–water partition coefficient (Wildman–Crippen LogP) is 3.21. The maximum atomic E-state index is 12.7. The fraction of sp³-hybridized carbons (Fsp3) is 0.280. The van der Waals surface area contributed by atoms with Crippen LogP contribution in [0.3, 0.4) is 0 Å². The molecule has 1 aliphatic heterocycles. The van der Waals surface area contributed by atoms with Crippen LogP contribution in [0.1, 0.15) is 17.3 Å². The molecule has 0 radical (unpaired) electrons. The summed E-state index contributed by atoms with van der Waals surface area (Å²) in [5, 5.41) is 7.28. The number of carbonyl (C=O) groups is 1. The van der Waals surface area contributed by atoms with Crippen LogP contribution < -0.4 is 21.1 Å². The lowest BCUT2D eigenvalue weighted by atomic mass is 10.1. The van der Waals surface area contributed by atoms with Crippen LogP contribution in [-0.2, 0) is 11.3 Å². The van der Waals surface area contributed by atoms with Gasteiger partial charge in [-0.2, -0.15) is 0 Å². The number of ketones is 1. The largest absolute Gasteiger partial charge is 0.378 e. The summed E-state index contributed by atoms with van der Waals surface area (Å²) in [5.41, 5.74) is 3.29. The van der Waals surface area contributed by atoms with E-state index >= 15 is 0 Å². The molecule has 0 spiro atoms. The molecule has 0 amide bonds. The zero-order valence-corrected chi connectivity index (χ0v) is 18.3. The number of anilines is 2. The molecule has 0 bridgehead atoms. The van der Waals surface area contributed by atoms with Gasteiger partial charge in [0.25, 0.3) is 5.56 Å². The third kappa shape index (κ3) is 4.68. The van der Waals surface area contributed by atoms with Crippen molar-refractivity contribution in [3.63, 3.8) is 0 Å². The molecule has 1 aromatic heterocycles. The number of nitrogens with zero attached hydrogens (tertiary/aromatic N) is 2. The number of pyridine rings is 1. The third-order valence-corrected chi connectivity index (χ3v) is 5.61. The molecule has 32 heavy (non-hydrogen) atoms. The van der Waals surface area contributed by atoms with E-state index in [0.29, 0.717) is 31.1 Å². The van der Waals surface area contributed by atoms with Gasteiger partial charge in [-0.15, -0.1) is 0 Å². The Hall–Kier alpha value is -3.58. The SMILES string of the molecule is C=C(NCC(=O)c1ccccc1)Nc1ccc2c(c1)c(N1CCOCC1)cc(=O)n2CC. The standard InChI is InChI=1S/C25H28N4O3/c1-3-29-22-10-9-20(27-18(2)26-17-24(30)19-7-5-4-6-8-19)15-21(22)23(16-25(29)31)28-11-13-32-14-12-28/h4-10,15-16,26-27H,2-3,11-14,17H2,1H3. The Morgan fingerprint density at radius 2 is 1.84 bits per heavy atom. The minimum absolute atomic E-state index is 0.00590. The summed E-state index contributed by atoms with van der Waals surface area (Å²) in [6.45, 7) is 9.50. The fourth-order valence-corrected chi connectivity index (χ4v) is 3.97. The summed E-state index contributed by atoms with van der Waals surface area (Å²) in [6.07, 6.45) is 0. The second kappa shape index (κ2) is 9.70. The monoisotopic (exact) mass is 432 g/mol. The van der Waals surface area contributed by atoms with E-state index in [4.69, 9.17) is 4.74 Å². The minimum atomic E-state index is -0.00676. The predicted molar refractivity (Wildman–Crippen MR) is 128 cm³/mol. The Morgan fingerprint density at radius 3 is 2.56 bits per heavy atom. The van der Waals surface area contributed by atoms with E-state index in [-0.39, 0.29) is 17.9 Å². The lowest BCUT2D eigenvalue weighted by Gasteiger charge is -2.30. The summed E-state index contributed by atoms with van der Waals surface area (Å²) < 4.78 is 7.25. The van der Waals surface area contributed by atoms with Gasteiger partial charge in [-0.3, -0.25) is 9.59 Å². The number of hydrogen-bond donors (Lipinski definition) is 2. The van der Waals surface area contributed by atoms with E-state index in [1.165, 1.54) is 0 Å². The quantitative estimate of drug-likeness (QED) is 0.533. The molecule has 1 fully saturated rings. The average Bonchev–Trinajstić information content (AvgIpc) is 2.83. The van der Waals surface area contributed by atoms with Crippen molar-refractivity contribution in [1.29, 1.82) is 0 Å². The zero-order chi connectivity index (χ0) is 22.5. The maximum Gasteiger partial charge on any atom is 0.253 e. The molecule has 4 rings (SSSR count). The summed E-state index contributed by atoms with van der Waals surface area (Å²) in [6, 6.07) is 16.8. The molecular formula is C25H28N4O3. The van der Waals surface area contributed by atoms with E-state index in [2.05, 4.69) is 22.1 Å². The number of aryl methyl sites for hydroxylation is 1. The van der Waals surface area contributed by atoms with Crippen molar-refractivity contribution in [2.75, 3.05) is 43.1 Å². The minimum Gasteiger partial charge on any atom is -0.378 e. The first-order valence-electron chi connectivity index (χ1n) is 10.8. The van der Waals surface area contributed by atoms with Crippen LogP contribution in [0.5, 0.6) is 0 Å². The second-order valence-electron chi connectivity index (χ2n) is 7.69. The van der Waals surface area contributed by atoms with Crippen molar-refractivity contribution < 1.29 is 9.53 Å². The summed E-state index contributed by atoms with van der Waals surface area (Å²) in [5.74, 6) is 0.527. The molecular weight excluding hydrogens is 404 g/mol. The molecule has 7 heteroatoms. The Balaban J connectivity index is 1.55. The molecule has 166 valence electrons. The Labute approximate surface area is 187 Å². The summed E-state index contributed by atoms with van der Waals surface area (Å²) in [4.78, 5) is 27.2. The van der Waals surface area contributed by atoms with E-state index in [1.807, 2.05) is 43.3 Å². The number of nitrogens with one attached hydrogen (secondary N) is 2. The van der Waals surface area contributed by atoms with E-state index in [1.54, 1.807) is 22.8 Å². The van der Waals surface area contributed by atoms with Crippen LogP contribution in [0.2, 0.25) is 0 Å². The molecule has 3 aromatic rings. The molecule has 2 N–H and O–H groups in total. The van der Waals surface area contributed by atoms with Gasteiger partial charge in [0.1, 0.15) is 0 Å². The van der Waals surface area contributed by atoms with Gasteiger partial charge >= 0.3 is 0 Å². The number of ether oxygens (including phenoxy) is 1. The van der Waals surface area contributed by atoms with Crippen molar-refractivity contribution in [1.82, 2.24) is 9.88 Å². The number of hydrogen-bond acceptors (Lipinski definition) is 6. The van der Waals surface area contributed by atoms with Gasteiger partial charge in [-0.25, -0.2) is 0 Å². The first-order valence-corrected chi connectivity index (χ1v) is 10.8. The van der Waals surface area contributed by atoms with Crippen LogP contribution >= 0.6 is 0 Å². The highest BCUT2D eigenvalue weighted by Gasteiger charge is 2.17. The molecule has 0 saturated carbocycles. The van der Waals surface area contributed by atoms with Crippen LogP contribution in [0.15, 0.2) is 71.8 Å². The second-order valence-corrected chi connectivity index (χ2v) is 7.69. The molecule has 1 saturated heterocycles. The molecule has 1 aliphatic rings. The molecule has 0 aliphatic carbocycles. The lowest BCUT2D eigenvalue weighted by Crippen LogP contribution is -2.37. The van der Waals surface area contributed by atoms with Gasteiger partial charge in [0.05, 0.1) is 36.8 Å². The number of aromatic nitrogens is 1. The number of Topliss-reactive ketones (excluding diaryl/α,β-unsaturated/α-hetero) is 1. The van der Waals surface area contributed by atoms with Crippen molar-refractivity contribution >= 4 is 28.1 Å². The first-order chi connectivity index (χ1) is 15.6. The van der Waals surface area contributed by atoms with Crippen molar-refractivity contribution in [3.05, 3.63) is 82.9 Å². The fourth-order valence-electron chi connectivity index (χ4n) is 3.97. The maximum absolute atomic E-state index is 12.7. The van der Waals surface area contributed by atoms with Crippen LogP contribution in [0.4, 0.5) is 11.4 Å². The molecule has 0 atom stereocenters. The molecule has 2 aromatic carbocycles. The normalized spacial score (nSPS) is 13.7. The number of rotatable bonds is 8. The van der Waals surface area contributed by atoms with Gasteiger partial charge < -0.3 is 24.8 Å². The highest BCUT2D eigenvalue weighted by atomic mass is 16.5. The summed E-state index contributed by atoms with van der Waals surface area (Å²) in [7, 11) is 0. The van der Waals surface area contributed by atoms with Crippen molar-refractivity contribution in [2.45, 2.75) is 13.5 Å². The van der Waals surface area contributed by atoms with Gasteiger partial charge in [0.2, 0.25) is 0 Å². The highest BCUT2D eigenvalue weighted by molar-refractivity contribution is 5.98. The lowest BCUT2D eigenvalue weighted by molar-refractivity contribution is 0.0994.